The van der Waals surface area contributed by atoms with Crippen LogP contribution in [0.4, 0.5) is 9.59 Å². The van der Waals surface area contributed by atoms with E-state index in [1.54, 1.807) is 9.80 Å². The number of nitrogens with zero attached hydrogens (tertiary/aromatic N) is 6. The number of carboxylic acids is 1. The predicted molar refractivity (Wildman–Crippen MR) is 223 cm³/mol. The first kappa shape index (κ1) is 48.1. The summed E-state index contributed by atoms with van der Waals surface area (Å²) in [6, 6.07) is 10.0. The molecule has 0 unspecified atom stereocenters. The lowest BCUT2D eigenvalue weighted by molar-refractivity contribution is -0.148. The zero-order valence-corrected chi connectivity index (χ0v) is 37.3. The van der Waals surface area contributed by atoms with Crippen molar-refractivity contribution in [2.45, 2.75) is 123 Å². The van der Waals surface area contributed by atoms with Gasteiger partial charge < -0.3 is 38.6 Å². The second kappa shape index (κ2) is 21.8. The number of ether oxygens (including phenoxy) is 5. The standard InChI is InChI=1S/C25H39N3O5.C18H33N3O5/c1-19-13-27(16-23(29)32-18-21-9-7-6-8-10-21)22(14-26-11-12-31-17-20(26)2)15-28(19)24(30)33-25(3,4)5;1-13-8-20(11-16(22)23)15(9-19-6-7-25-12-14(19)2)10-21(13)17(24)26-18(3,4)5/h6-10,19-20,22H,11-18H2,1-5H3;13-15H,6-12H2,1-5H3,(H,22,23)/t19-,20-,22+;13-,14-,15+/m11/s1. The van der Waals surface area contributed by atoms with E-state index < -0.39 is 17.2 Å². The summed E-state index contributed by atoms with van der Waals surface area (Å²) >= 11 is 0. The summed E-state index contributed by atoms with van der Waals surface area (Å²) in [7, 11) is 0. The third-order valence-electron chi connectivity index (χ3n) is 11.0. The van der Waals surface area contributed by atoms with Gasteiger partial charge in [-0.3, -0.25) is 29.2 Å². The number of carbonyl (C=O) groups is 4. The van der Waals surface area contributed by atoms with E-state index >= 15 is 0 Å². The van der Waals surface area contributed by atoms with Gasteiger partial charge in [0.1, 0.15) is 17.8 Å². The second-order valence-electron chi connectivity index (χ2n) is 18.5. The van der Waals surface area contributed by atoms with Gasteiger partial charge in [0.15, 0.2) is 0 Å². The van der Waals surface area contributed by atoms with Crippen molar-refractivity contribution < 1.29 is 48.0 Å². The number of benzene rings is 1. The second-order valence-corrected chi connectivity index (χ2v) is 18.5. The molecule has 0 aliphatic carbocycles. The van der Waals surface area contributed by atoms with Crippen LogP contribution in [0.2, 0.25) is 0 Å². The summed E-state index contributed by atoms with van der Waals surface area (Å²) < 4.78 is 27.8. The van der Waals surface area contributed by atoms with Gasteiger partial charge in [-0.25, -0.2) is 9.59 Å². The van der Waals surface area contributed by atoms with Gasteiger partial charge in [0.05, 0.1) is 39.5 Å². The Balaban J connectivity index is 0.000000268. The highest BCUT2D eigenvalue weighted by atomic mass is 16.6. The molecule has 4 aliphatic rings. The summed E-state index contributed by atoms with van der Waals surface area (Å²) in [6.07, 6.45) is -0.638. The average molecular weight is 833 g/mol. The molecule has 4 aliphatic heterocycles. The first-order valence-electron chi connectivity index (χ1n) is 21.2. The van der Waals surface area contributed by atoms with E-state index in [-0.39, 0.29) is 68.1 Å². The number of morpholine rings is 2. The van der Waals surface area contributed by atoms with Crippen molar-refractivity contribution in [1.29, 1.82) is 0 Å². The molecule has 0 aromatic heterocycles. The normalized spacial score (nSPS) is 26.7. The van der Waals surface area contributed by atoms with Crippen LogP contribution in [0.5, 0.6) is 0 Å². The lowest BCUT2D eigenvalue weighted by Gasteiger charge is -2.47. The minimum absolute atomic E-state index is 0.00135. The first-order chi connectivity index (χ1) is 27.7. The molecule has 6 atom stereocenters. The Labute approximate surface area is 351 Å². The highest BCUT2D eigenvalue weighted by molar-refractivity contribution is 5.72. The van der Waals surface area contributed by atoms with Crippen LogP contribution in [0.15, 0.2) is 30.3 Å². The molecule has 4 heterocycles. The predicted octanol–water partition coefficient (Wildman–Crippen LogP) is 3.86. The topological polar surface area (TPSA) is 154 Å². The summed E-state index contributed by atoms with van der Waals surface area (Å²) in [6.45, 7) is 27.8. The molecule has 0 bridgehead atoms. The lowest BCUT2D eigenvalue weighted by Crippen LogP contribution is -2.63. The Morgan fingerprint density at radius 1 is 0.644 bits per heavy atom. The van der Waals surface area contributed by atoms with Gasteiger partial charge in [-0.05, 0) is 74.8 Å². The van der Waals surface area contributed by atoms with E-state index in [0.29, 0.717) is 65.2 Å². The number of hydrogen-bond acceptors (Lipinski definition) is 13. The van der Waals surface area contributed by atoms with Crippen molar-refractivity contribution in [3.05, 3.63) is 35.9 Å². The molecule has 16 heteroatoms. The molecular weight excluding hydrogens is 761 g/mol. The third kappa shape index (κ3) is 15.8. The molecule has 4 saturated heterocycles. The number of rotatable bonds is 10. The molecular formula is C43H72N6O10. The minimum Gasteiger partial charge on any atom is -0.480 e. The smallest absolute Gasteiger partial charge is 0.410 e. The summed E-state index contributed by atoms with van der Waals surface area (Å²) in [5.74, 6) is -1.10. The van der Waals surface area contributed by atoms with Crippen LogP contribution in [0.1, 0.15) is 74.8 Å². The molecule has 59 heavy (non-hydrogen) atoms. The van der Waals surface area contributed by atoms with Gasteiger partial charge in [-0.1, -0.05) is 30.3 Å². The first-order valence-corrected chi connectivity index (χ1v) is 21.2. The average Bonchev–Trinajstić information content (AvgIpc) is 3.13. The number of esters is 1. The summed E-state index contributed by atoms with van der Waals surface area (Å²) in [5.41, 5.74) is -0.139. The highest BCUT2D eigenvalue weighted by Gasteiger charge is 2.40. The van der Waals surface area contributed by atoms with E-state index in [0.717, 1.165) is 25.2 Å². The molecule has 0 spiro atoms. The fourth-order valence-electron chi connectivity index (χ4n) is 7.83. The molecule has 16 nitrogen and oxygen atoms in total. The van der Waals surface area contributed by atoms with Gasteiger partial charge in [-0.2, -0.15) is 0 Å². The Bertz CT molecular complexity index is 1510. The van der Waals surface area contributed by atoms with Gasteiger partial charge in [0.2, 0.25) is 0 Å². The van der Waals surface area contributed by atoms with Crippen LogP contribution in [-0.2, 0) is 39.9 Å². The minimum atomic E-state index is -0.844. The summed E-state index contributed by atoms with van der Waals surface area (Å²) in [4.78, 5) is 61.8. The van der Waals surface area contributed by atoms with Crippen LogP contribution in [0.3, 0.4) is 0 Å². The Morgan fingerprint density at radius 2 is 1.08 bits per heavy atom. The zero-order valence-electron chi connectivity index (χ0n) is 37.3. The van der Waals surface area contributed by atoms with Crippen LogP contribution in [-0.4, -0.2) is 198 Å². The molecule has 4 fully saturated rings. The Kier molecular flexibility index (Phi) is 17.8. The summed E-state index contributed by atoms with van der Waals surface area (Å²) in [5, 5.41) is 9.28. The van der Waals surface area contributed by atoms with E-state index in [1.807, 2.05) is 90.6 Å². The number of piperazine rings is 2. The molecule has 0 saturated carbocycles. The maximum Gasteiger partial charge on any atom is 0.410 e. The molecule has 334 valence electrons. The van der Waals surface area contributed by atoms with Crippen molar-refractivity contribution in [3.8, 4) is 0 Å². The fraction of sp³-hybridized carbons (Fsp3) is 0.767. The highest BCUT2D eigenvalue weighted by Crippen LogP contribution is 2.23. The van der Waals surface area contributed by atoms with E-state index in [4.69, 9.17) is 23.7 Å². The molecule has 1 aromatic rings. The molecule has 1 aromatic carbocycles. The van der Waals surface area contributed by atoms with Crippen molar-refractivity contribution in [1.82, 2.24) is 29.4 Å². The quantitative estimate of drug-likeness (QED) is 0.268. The van der Waals surface area contributed by atoms with Crippen LogP contribution in [0, 0.1) is 0 Å². The lowest BCUT2D eigenvalue weighted by atomic mass is 10.1. The maximum atomic E-state index is 12.9. The molecule has 0 radical (unpaired) electrons. The molecule has 5 rings (SSSR count). The van der Waals surface area contributed by atoms with Crippen molar-refractivity contribution in [2.75, 3.05) is 91.9 Å². The Hall–Kier alpha value is -3.54. The third-order valence-corrected chi connectivity index (χ3v) is 11.0. The number of carboxylic acid groups (broad SMARTS) is 1. The van der Waals surface area contributed by atoms with Crippen molar-refractivity contribution in [2.24, 2.45) is 0 Å². The number of aliphatic carboxylic acids is 1. The number of carbonyl (C=O) groups excluding carboxylic acids is 3. The maximum absolute atomic E-state index is 12.9. The van der Waals surface area contributed by atoms with E-state index in [9.17, 15) is 24.3 Å². The van der Waals surface area contributed by atoms with Crippen LogP contribution in [0.25, 0.3) is 0 Å². The number of amides is 2. The van der Waals surface area contributed by atoms with Gasteiger partial charge in [0.25, 0.3) is 0 Å². The monoisotopic (exact) mass is 833 g/mol. The zero-order chi connectivity index (χ0) is 43.5. The van der Waals surface area contributed by atoms with Crippen LogP contribution >= 0.6 is 0 Å². The van der Waals surface area contributed by atoms with E-state index in [1.165, 1.54) is 0 Å². The SMILES string of the molecule is C[C@@H]1COCCN1C[C@H]1CN(C(=O)OC(C)(C)C)[C@H](C)CN1CC(=O)O.C[C@@H]1COCCN1C[C@H]1CN(C(=O)OC(C)(C)C)[C@H](C)CN1CC(=O)OCc1ccccc1. The van der Waals surface area contributed by atoms with Gasteiger partial charge >= 0.3 is 24.1 Å². The molecule has 2 amide bonds. The molecule has 1 N–H and O–H groups in total. The number of hydrogen-bond donors (Lipinski definition) is 1. The van der Waals surface area contributed by atoms with Gasteiger partial charge in [0, 0.05) is 88.6 Å². The van der Waals surface area contributed by atoms with Crippen molar-refractivity contribution >= 4 is 24.1 Å². The van der Waals surface area contributed by atoms with Crippen LogP contribution < -0.4 is 0 Å². The van der Waals surface area contributed by atoms with Gasteiger partial charge in [-0.15, -0.1) is 0 Å². The fourth-order valence-corrected chi connectivity index (χ4v) is 7.83. The van der Waals surface area contributed by atoms with E-state index in [2.05, 4.69) is 28.5 Å². The largest absolute Gasteiger partial charge is 0.480 e. The van der Waals surface area contributed by atoms with Crippen molar-refractivity contribution in [3.63, 3.8) is 0 Å². The Morgan fingerprint density at radius 3 is 1.49 bits per heavy atom.